The predicted molar refractivity (Wildman–Crippen MR) is 144 cm³/mol. The Hall–Kier alpha value is -2.78. The van der Waals surface area contributed by atoms with Crippen LogP contribution in [-0.4, -0.2) is 57.6 Å². The highest BCUT2D eigenvalue weighted by atomic mass is 35.5. The summed E-state index contributed by atoms with van der Waals surface area (Å²) in [6.07, 6.45) is 1.42. The van der Waals surface area contributed by atoms with E-state index < -0.39 is 28.5 Å². The van der Waals surface area contributed by atoms with Crippen LogP contribution in [0.1, 0.15) is 38.3 Å². The fourth-order valence-corrected chi connectivity index (χ4v) is 4.90. The Morgan fingerprint density at radius 2 is 1.75 bits per heavy atom. The molecular weight excluding hydrogens is 502 g/mol. The number of anilines is 1. The van der Waals surface area contributed by atoms with E-state index >= 15 is 0 Å². The van der Waals surface area contributed by atoms with Crippen molar-refractivity contribution in [3.63, 3.8) is 0 Å². The monoisotopic (exact) mass is 537 g/mol. The molecule has 0 aromatic heterocycles. The van der Waals surface area contributed by atoms with E-state index in [1.165, 1.54) is 4.90 Å². The lowest BCUT2D eigenvalue weighted by Gasteiger charge is -2.33. The average molecular weight is 538 g/mol. The van der Waals surface area contributed by atoms with Crippen molar-refractivity contribution in [1.29, 1.82) is 0 Å². The molecule has 36 heavy (non-hydrogen) atoms. The fraction of sp³-hybridized carbons (Fsp3) is 0.462. The van der Waals surface area contributed by atoms with Gasteiger partial charge >= 0.3 is 0 Å². The number of carbonyl (C=O) groups is 2. The second-order valence-corrected chi connectivity index (χ2v) is 11.5. The quantitative estimate of drug-likeness (QED) is 0.441. The van der Waals surface area contributed by atoms with E-state index in [-0.39, 0.29) is 18.4 Å². The van der Waals surface area contributed by atoms with Crippen molar-refractivity contribution in [3.05, 3.63) is 58.6 Å². The third-order valence-electron chi connectivity index (χ3n) is 5.69. The zero-order chi connectivity index (χ0) is 27.0. The maximum Gasteiger partial charge on any atom is 0.244 e. The van der Waals surface area contributed by atoms with Crippen LogP contribution >= 0.6 is 11.6 Å². The van der Waals surface area contributed by atoms with E-state index in [1.54, 1.807) is 44.4 Å². The van der Waals surface area contributed by atoms with Crippen molar-refractivity contribution in [2.75, 3.05) is 30.8 Å². The number of carbonyl (C=O) groups excluding carboxylic acids is 2. The van der Waals surface area contributed by atoms with Crippen LogP contribution in [0.4, 0.5) is 5.69 Å². The van der Waals surface area contributed by atoms with Gasteiger partial charge < -0.3 is 15.0 Å². The van der Waals surface area contributed by atoms with Crippen LogP contribution in [-0.2, 0) is 26.2 Å². The lowest BCUT2D eigenvalue weighted by molar-refractivity contribution is -0.140. The van der Waals surface area contributed by atoms with Crippen molar-refractivity contribution < 1.29 is 22.7 Å². The molecule has 0 fully saturated rings. The molecule has 0 heterocycles. The molecule has 2 rings (SSSR count). The first-order valence-corrected chi connectivity index (χ1v) is 14.0. The van der Waals surface area contributed by atoms with Crippen molar-refractivity contribution in [2.24, 2.45) is 5.92 Å². The average Bonchev–Trinajstić information content (AvgIpc) is 2.81. The number of benzene rings is 2. The summed E-state index contributed by atoms with van der Waals surface area (Å²) in [5, 5.41) is 3.37. The standard InChI is InChI=1S/C26H36ClN3O5S/c1-7-23(26(32)28-15-18(2)3)29(16-20-8-11-22(35-5)12-9-20)25(31)17-30(36(6,33)34)24-13-10-21(27)14-19(24)4/h8-14,18,23H,7,15-17H2,1-6H3,(H,28,32)/t23-/m0/s1. The topological polar surface area (TPSA) is 96.0 Å². The second-order valence-electron chi connectivity index (χ2n) is 9.13. The zero-order valence-electron chi connectivity index (χ0n) is 21.7. The molecule has 1 atom stereocenters. The summed E-state index contributed by atoms with van der Waals surface area (Å²) < 4.78 is 31.7. The minimum Gasteiger partial charge on any atom is -0.497 e. The molecule has 0 aliphatic rings. The van der Waals surface area contributed by atoms with Crippen LogP contribution < -0.4 is 14.4 Å². The smallest absolute Gasteiger partial charge is 0.244 e. The van der Waals surface area contributed by atoms with Gasteiger partial charge in [0.05, 0.1) is 19.1 Å². The molecule has 0 bridgehead atoms. The third kappa shape index (κ3) is 8.13. The first kappa shape index (κ1) is 29.5. The molecule has 0 aliphatic heterocycles. The molecule has 2 aromatic carbocycles. The van der Waals surface area contributed by atoms with E-state index in [9.17, 15) is 18.0 Å². The van der Waals surface area contributed by atoms with Gasteiger partial charge in [-0.25, -0.2) is 8.42 Å². The molecule has 2 aromatic rings. The van der Waals surface area contributed by atoms with Gasteiger partial charge in [-0.1, -0.05) is 44.5 Å². The molecule has 0 aliphatic carbocycles. The number of nitrogens with one attached hydrogen (secondary N) is 1. The van der Waals surface area contributed by atoms with Crippen LogP contribution in [0.25, 0.3) is 0 Å². The van der Waals surface area contributed by atoms with Crippen LogP contribution in [0.15, 0.2) is 42.5 Å². The molecule has 10 heteroatoms. The number of halogens is 1. The molecule has 0 saturated heterocycles. The fourth-order valence-electron chi connectivity index (χ4n) is 3.76. The number of aryl methyl sites for hydroxylation is 1. The minimum atomic E-state index is -3.81. The van der Waals surface area contributed by atoms with E-state index in [4.69, 9.17) is 16.3 Å². The predicted octanol–water partition coefficient (Wildman–Crippen LogP) is 4.00. The summed E-state index contributed by atoms with van der Waals surface area (Å²) in [4.78, 5) is 28.2. The molecule has 198 valence electrons. The molecule has 0 unspecified atom stereocenters. The normalized spacial score (nSPS) is 12.2. The Labute approximate surface area is 219 Å². The summed E-state index contributed by atoms with van der Waals surface area (Å²) in [6.45, 7) is 7.68. The van der Waals surface area contributed by atoms with Gasteiger partial charge in [-0.2, -0.15) is 0 Å². The van der Waals surface area contributed by atoms with Gasteiger partial charge in [-0.15, -0.1) is 0 Å². The summed E-state index contributed by atoms with van der Waals surface area (Å²) in [6, 6.07) is 11.2. The Kier molecular flexibility index (Phi) is 10.6. The SMILES string of the molecule is CC[C@@H](C(=O)NCC(C)C)N(Cc1ccc(OC)cc1)C(=O)CN(c1ccc(Cl)cc1C)S(C)(=O)=O. The number of amides is 2. The number of hydrogen-bond donors (Lipinski definition) is 1. The molecule has 0 radical (unpaired) electrons. The van der Waals surface area contributed by atoms with Gasteiger partial charge in [-0.05, 0) is 60.7 Å². The van der Waals surface area contributed by atoms with Gasteiger partial charge in [0.1, 0.15) is 18.3 Å². The zero-order valence-corrected chi connectivity index (χ0v) is 23.3. The number of nitrogens with zero attached hydrogens (tertiary/aromatic N) is 2. The largest absolute Gasteiger partial charge is 0.497 e. The van der Waals surface area contributed by atoms with Crippen molar-refractivity contribution >= 4 is 39.1 Å². The third-order valence-corrected chi connectivity index (χ3v) is 7.05. The maximum atomic E-state index is 13.7. The first-order valence-electron chi connectivity index (χ1n) is 11.8. The highest BCUT2D eigenvalue weighted by Gasteiger charge is 2.32. The van der Waals surface area contributed by atoms with E-state index in [1.807, 2.05) is 32.9 Å². The molecule has 1 N–H and O–H groups in total. The Morgan fingerprint density at radius 1 is 1.11 bits per heavy atom. The summed E-state index contributed by atoms with van der Waals surface area (Å²) in [5.41, 5.74) is 1.76. The second kappa shape index (κ2) is 13.0. The van der Waals surface area contributed by atoms with Crippen LogP contribution in [0.2, 0.25) is 5.02 Å². The number of sulfonamides is 1. The number of hydrogen-bond acceptors (Lipinski definition) is 5. The lowest BCUT2D eigenvalue weighted by Crippen LogP contribution is -2.52. The molecule has 2 amide bonds. The maximum absolute atomic E-state index is 13.7. The molecule has 0 spiro atoms. The summed E-state index contributed by atoms with van der Waals surface area (Å²) in [5.74, 6) is 0.143. The Bertz CT molecular complexity index is 1150. The number of methoxy groups -OCH3 is 1. The molecule has 0 saturated carbocycles. The van der Waals surface area contributed by atoms with Gasteiger partial charge in [0.2, 0.25) is 21.8 Å². The highest BCUT2D eigenvalue weighted by Crippen LogP contribution is 2.26. The molecule has 8 nitrogen and oxygen atoms in total. The summed E-state index contributed by atoms with van der Waals surface area (Å²) >= 11 is 6.05. The summed E-state index contributed by atoms with van der Waals surface area (Å²) in [7, 11) is -2.25. The van der Waals surface area contributed by atoms with E-state index in [0.29, 0.717) is 35.0 Å². The molecular formula is C26H36ClN3O5S. The van der Waals surface area contributed by atoms with Gasteiger partial charge in [-0.3, -0.25) is 13.9 Å². The van der Waals surface area contributed by atoms with E-state index in [0.717, 1.165) is 16.1 Å². The van der Waals surface area contributed by atoms with Crippen molar-refractivity contribution in [3.8, 4) is 5.75 Å². The highest BCUT2D eigenvalue weighted by molar-refractivity contribution is 7.92. The van der Waals surface area contributed by atoms with Gasteiger partial charge in [0, 0.05) is 18.1 Å². The van der Waals surface area contributed by atoms with Crippen LogP contribution in [0.5, 0.6) is 5.75 Å². The van der Waals surface area contributed by atoms with Crippen molar-refractivity contribution in [2.45, 2.75) is 46.7 Å². The van der Waals surface area contributed by atoms with E-state index in [2.05, 4.69) is 5.32 Å². The van der Waals surface area contributed by atoms with Crippen LogP contribution in [0, 0.1) is 12.8 Å². The van der Waals surface area contributed by atoms with Crippen LogP contribution in [0.3, 0.4) is 0 Å². The lowest BCUT2D eigenvalue weighted by atomic mass is 10.1. The first-order chi connectivity index (χ1) is 16.9. The van der Waals surface area contributed by atoms with Crippen molar-refractivity contribution in [1.82, 2.24) is 10.2 Å². The Morgan fingerprint density at radius 3 is 2.25 bits per heavy atom. The van der Waals surface area contributed by atoms with Gasteiger partial charge in [0.25, 0.3) is 0 Å². The number of ether oxygens (including phenoxy) is 1. The Balaban J connectivity index is 2.45. The van der Waals surface area contributed by atoms with Gasteiger partial charge in [0.15, 0.2) is 0 Å². The minimum absolute atomic E-state index is 0.133. The number of rotatable bonds is 12.